The van der Waals surface area contributed by atoms with Crippen molar-refractivity contribution in [1.29, 1.82) is 0 Å². The minimum absolute atomic E-state index is 0.399. The lowest BCUT2D eigenvalue weighted by Gasteiger charge is -2.09. The van der Waals surface area contributed by atoms with E-state index in [1.54, 1.807) is 0 Å². The number of nitrogens with zero attached hydrogens (tertiary/aromatic N) is 1. The van der Waals surface area contributed by atoms with Crippen LogP contribution < -0.4 is 0 Å². The third-order valence-corrected chi connectivity index (χ3v) is 5.16. The number of nitro benzene ring substituents is 1. The van der Waals surface area contributed by atoms with E-state index >= 15 is 0 Å². The van der Waals surface area contributed by atoms with E-state index in [0.29, 0.717) is 0 Å². The van der Waals surface area contributed by atoms with Gasteiger partial charge >= 0.3 is 0 Å². The molecule has 1 aromatic carbocycles. The zero-order chi connectivity index (χ0) is 15.0. The maximum Gasteiger partial charge on any atom is 0.297 e. The van der Waals surface area contributed by atoms with Crippen LogP contribution in [0.2, 0.25) is 0 Å². The SMILES string of the molecule is O=[N+]([O-])c1cccc(S(=O)(=O)O[C@@H]2C=CS(=O)(=O)C2)c1. The molecule has 0 radical (unpaired) electrons. The average molecular weight is 319 g/mol. The summed E-state index contributed by atoms with van der Waals surface area (Å²) in [5.74, 6) is -0.471. The molecule has 0 aromatic heterocycles. The van der Waals surface area contributed by atoms with E-state index in [-0.39, 0.29) is 0 Å². The van der Waals surface area contributed by atoms with Crippen LogP contribution in [0.15, 0.2) is 40.6 Å². The van der Waals surface area contributed by atoms with Gasteiger partial charge in [0.05, 0.1) is 10.7 Å². The van der Waals surface area contributed by atoms with Gasteiger partial charge in [-0.3, -0.25) is 14.3 Å². The fraction of sp³-hybridized carbons (Fsp3) is 0.200. The molecule has 0 fully saturated rings. The normalized spacial score (nSPS) is 20.9. The van der Waals surface area contributed by atoms with E-state index in [4.69, 9.17) is 4.18 Å². The van der Waals surface area contributed by atoms with Crippen LogP contribution in [-0.4, -0.2) is 33.6 Å². The molecule has 0 saturated carbocycles. The standard InChI is InChI=1S/C10H9NO7S2/c12-11(13)8-2-1-3-10(6-8)20(16,17)18-9-4-5-19(14,15)7-9/h1-6,9H,7H2/t9-/m1/s1. The van der Waals surface area contributed by atoms with Gasteiger partial charge in [0.25, 0.3) is 15.8 Å². The monoisotopic (exact) mass is 319 g/mol. The molecule has 1 aliphatic rings. The first-order valence-corrected chi connectivity index (χ1v) is 8.41. The Balaban J connectivity index is 2.26. The molecular weight excluding hydrogens is 310 g/mol. The number of non-ortho nitro benzene ring substituents is 1. The topological polar surface area (TPSA) is 121 Å². The number of nitro groups is 1. The fourth-order valence-corrected chi connectivity index (χ4v) is 3.91. The first-order valence-electron chi connectivity index (χ1n) is 5.28. The highest BCUT2D eigenvalue weighted by molar-refractivity contribution is 7.94. The maximum absolute atomic E-state index is 11.9. The molecule has 108 valence electrons. The molecular formula is C10H9NO7S2. The van der Waals surface area contributed by atoms with Gasteiger partial charge in [-0.25, -0.2) is 8.42 Å². The molecule has 1 aliphatic heterocycles. The summed E-state index contributed by atoms with van der Waals surface area (Å²) in [6.45, 7) is 0. The van der Waals surface area contributed by atoms with Crippen molar-refractivity contribution in [2.24, 2.45) is 0 Å². The lowest BCUT2D eigenvalue weighted by molar-refractivity contribution is -0.385. The molecule has 0 saturated heterocycles. The summed E-state index contributed by atoms with van der Waals surface area (Å²) in [7, 11) is -7.72. The second-order valence-electron chi connectivity index (χ2n) is 4.00. The van der Waals surface area contributed by atoms with Crippen molar-refractivity contribution in [3.63, 3.8) is 0 Å². The van der Waals surface area contributed by atoms with Crippen molar-refractivity contribution < 1.29 is 25.9 Å². The number of benzene rings is 1. The molecule has 1 aromatic rings. The summed E-state index contributed by atoms with van der Waals surface area (Å²) < 4.78 is 50.9. The van der Waals surface area contributed by atoms with E-state index in [1.807, 2.05) is 0 Å². The van der Waals surface area contributed by atoms with Gasteiger partial charge in [0.15, 0.2) is 9.84 Å². The first kappa shape index (κ1) is 14.6. The Hall–Kier alpha value is -1.78. The van der Waals surface area contributed by atoms with Crippen LogP contribution in [-0.2, 0) is 24.1 Å². The highest BCUT2D eigenvalue weighted by Gasteiger charge is 2.29. The smallest absolute Gasteiger partial charge is 0.258 e. The third-order valence-electron chi connectivity index (χ3n) is 2.46. The molecule has 0 aliphatic carbocycles. The van der Waals surface area contributed by atoms with E-state index in [2.05, 4.69) is 0 Å². The number of hydrogen-bond acceptors (Lipinski definition) is 7. The zero-order valence-corrected chi connectivity index (χ0v) is 11.5. The Labute approximate surface area is 114 Å². The van der Waals surface area contributed by atoms with Crippen molar-refractivity contribution in [3.8, 4) is 0 Å². The highest BCUT2D eigenvalue weighted by atomic mass is 32.2. The van der Waals surface area contributed by atoms with Gasteiger partial charge in [-0.2, -0.15) is 8.42 Å². The van der Waals surface area contributed by atoms with Crippen LogP contribution in [0.1, 0.15) is 0 Å². The van der Waals surface area contributed by atoms with Gasteiger partial charge in [-0.1, -0.05) is 6.07 Å². The van der Waals surface area contributed by atoms with Gasteiger partial charge < -0.3 is 0 Å². The highest BCUT2D eigenvalue weighted by Crippen LogP contribution is 2.22. The quantitative estimate of drug-likeness (QED) is 0.453. The molecule has 0 N–H and O–H groups in total. The second kappa shape index (κ2) is 4.96. The molecule has 0 amide bonds. The molecule has 10 heteroatoms. The molecule has 8 nitrogen and oxygen atoms in total. The van der Waals surface area contributed by atoms with Gasteiger partial charge in [-0.05, 0) is 12.1 Å². The molecule has 2 rings (SSSR count). The average Bonchev–Trinajstić information content (AvgIpc) is 2.68. The van der Waals surface area contributed by atoms with Crippen LogP contribution in [0.4, 0.5) is 5.69 Å². The lowest BCUT2D eigenvalue weighted by Crippen LogP contribution is -2.20. The predicted octanol–water partition coefficient (Wildman–Crippen LogP) is 0.611. The largest absolute Gasteiger partial charge is 0.297 e. The summed E-state index contributed by atoms with van der Waals surface area (Å²) in [6, 6.07) is 4.33. The summed E-state index contributed by atoms with van der Waals surface area (Å²) in [5.41, 5.74) is -0.399. The van der Waals surface area contributed by atoms with Gasteiger partial charge in [0.1, 0.15) is 11.0 Å². The van der Waals surface area contributed by atoms with Crippen LogP contribution in [0.5, 0.6) is 0 Å². The summed E-state index contributed by atoms with van der Waals surface area (Å²) in [5, 5.41) is 11.5. The minimum atomic E-state index is -4.27. The molecule has 0 unspecified atom stereocenters. The van der Waals surface area contributed by atoms with Gasteiger partial charge in [0, 0.05) is 17.5 Å². The minimum Gasteiger partial charge on any atom is -0.258 e. The van der Waals surface area contributed by atoms with Crippen molar-refractivity contribution in [1.82, 2.24) is 0 Å². The van der Waals surface area contributed by atoms with Crippen molar-refractivity contribution >= 4 is 25.6 Å². The van der Waals surface area contributed by atoms with Gasteiger partial charge in [0.2, 0.25) is 0 Å². The molecule has 20 heavy (non-hydrogen) atoms. The molecule has 0 spiro atoms. The first-order chi connectivity index (χ1) is 9.20. The Bertz CT molecular complexity index is 780. The Kier molecular flexibility index (Phi) is 3.63. The summed E-state index contributed by atoms with van der Waals surface area (Å²) in [4.78, 5) is 9.45. The molecule has 1 heterocycles. The summed E-state index contributed by atoms with van der Waals surface area (Å²) >= 11 is 0. The van der Waals surface area contributed by atoms with E-state index in [0.717, 1.165) is 29.7 Å². The van der Waals surface area contributed by atoms with Crippen molar-refractivity contribution in [2.45, 2.75) is 11.0 Å². The van der Waals surface area contributed by atoms with E-state index < -0.39 is 47.3 Å². The van der Waals surface area contributed by atoms with Crippen LogP contribution in [0.25, 0.3) is 0 Å². The number of sulfone groups is 1. The van der Waals surface area contributed by atoms with Crippen LogP contribution in [0.3, 0.4) is 0 Å². The number of hydrogen-bond donors (Lipinski definition) is 0. The fourth-order valence-electron chi connectivity index (χ4n) is 1.58. The van der Waals surface area contributed by atoms with E-state index in [9.17, 15) is 26.9 Å². The maximum atomic E-state index is 11.9. The Morgan fingerprint density at radius 3 is 2.60 bits per heavy atom. The Morgan fingerprint density at radius 2 is 2.05 bits per heavy atom. The van der Waals surface area contributed by atoms with Crippen molar-refractivity contribution in [3.05, 3.63) is 45.9 Å². The van der Waals surface area contributed by atoms with E-state index in [1.165, 1.54) is 6.07 Å². The zero-order valence-electron chi connectivity index (χ0n) is 9.87. The third kappa shape index (κ3) is 3.21. The molecule has 1 atom stereocenters. The molecule has 0 bridgehead atoms. The van der Waals surface area contributed by atoms with Crippen molar-refractivity contribution in [2.75, 3.05) is 5.75 Å². The number of rotatable bonds is 4. The van der Waals surface area contributed by atoms with Crippen LogP contribution >= 0.6 is 0 Å². The Morgan fingerprint density at radius 1 is 1.35 bits per heavy atom. The van der Waals surface area contributed by atoms with Gasteiger partial charge in [-0.15, -0.1) is 0 Å². The summed E-state index contributed by atoms with van der Waals surface area (Å²) in [6.07, 6.45) is -0.00574. The second-order valence-corrected chi connectivity index (χ2v) is 7.50. The van der Waals surface area contributed by atoms with Crippen LogP contribution in [0, 0.1) is 10.1 Å². The lowest BCUT2D eigenvalue weighted by atomic mass is 10.3. The predicted molar refractivity (Wildman–Crippen MR) is 68.1 cm³/mol.